The van der Waals surface area contributed by atoms with Crippen LogP contribution in [-0.2, 0) is 4.79 Å². The lowest BCUT2D eigenvalue weighted by atomic mass is 10.1. The number of amides is 1. The predicted molar refractivity (Wildman–Crippen MR) is 83.1 cm³/mol. The van der Waals surface area contributed by atoms with Gasteiger partial charge in [0.25, 0.3) is 5.91 Å². The fourth-order valence-electron chi connectivity index (χ4n) is 1.89. The standard InChI is InChI=1S/C17H27NO2/c1-7-15(17(19)18-14(6)11(2)3)20-16-9-8-12(4)10-13(16)5/h8-11,14-15H,7H2,1-6H3,(H,18,19). The summed E-state index contributed by atoms with van der Waals surface area (Å²) in [5.74, 6) is 1.17. The van der Waals surface area contributed by atoms with E-state index in [9.17, 15) is 4.79 Å². The van der Waals surface area contributed by atoms with Crippen LogP contribution in [0.3, 0.4) is 0 Å². The highest BCUT2D eigenvalue weighted by atomic mass is 16.5. The molecule has 2 atom stereocenters. The summed E-state index contributed by atoms with van der Waals surface area (Å²) in [7, 11) is 0. The number of hydrogen-bond acceptors (Lipinski definition) is 2. The van der Waals surface area contributed by atoms with Crippen molar-refractivity contribution in [3.05, 3.63) is 29.3 Å². The Kier molecular flexibility index (Phi) is 6.05. The van der Waals surface area contributed by atoms with Crippen molar-refractivity contribution >= 4 is 5.91 Å². The molecule has 0 heterocycles. The van der Waals surface area contributed by atoms with E-state index in [2.05, 4.69) is 25.2 Å². The molecule has 0 bridgehead atoms. The zero-order valence-corrected chi connectivity index (χ0v) is 13.5. The number of carbonyl (C=O) groups excluding carboxylic acids is 1. The third kappa shape index (κ3) is 4.55. The molecule has 3 nitrogen and oxygen atoms in total. The average Bonchev–Trinajstić information content (AvgIpc) is 2.37. The van der Waals surface area contributed by atoms with E-state index in [-0.39, 0.29) is 11.9 Å². The quantitative estimate of drug-likeness (QED) is 0.862. The Bertz CT molecular complexity index is 454. The Morgan fingerprint density at radius 2 is 1.90 bits per heavy atom. The summed E-state index contributed by atoms with van der Waals surface area (Å²) < 4.78 is 5.88. The van der Waals surface area contributed by atoms with Gasteiger partial charge in [0.15, 0.2) is 6.10 Å². The number of nitrogens with one attached hydrogen (secondary N) is 1. The first kappa shape index (κ1) is 16.5. The molecule has 0 aliphatic rings. The van der Waals surface area contributed by atoms with E-state index in [1.165, 1.54) is 5.56 Å². The van der Waals surface area contributed by atoms with Gasteiger partial charge in [0.1, 0.15) is 5.75 Å². The first-order valence-electron chi connectivity index (χ1n) is 7.39. The average molecular weight is 277 g/mol. The lowest BCUT2D eigenvalue weighted by Gasteiger charge is -2.23. The summed E-state index contributed by atoms with van der Waals surface area (Å²) in [5.41, 5.74) is 2.26. The van der Waals surface area contributed by atoms with Crippen molar-refractivity contribution in [3.8, 4) is 5.75 Å². The molecule has 0 fully saturated rings. The van der Waals surface area contributed by atoms with Gasteiger partial charge >= 0.3 is 0 Å². The lowest BCUT2D eigenvalue weighted by Crippen LogP contribution is -2.44. The summed E-state index contributed by atoms with van der Waals surface area (Å²) in [6.45, 7) is 12.2. The molecule has 2 unspecified atom stereocenters. The highest BCUT2D eigenvalue weighted by Crippen LogP contribution is 2.21. The molecule has 3 heteroatoms. The second-order valence-electron chi connectivity index (χ2n) is 5.82. The summed E-state index contributed by atoms with van der Waals surface area (Å²) >= 11 is 0. The smallest absolute Gasteiger partial charge is 0.261 e. The third-order valence-electron chi connectivity index (χ3n) is 3.63. The lowest BCUT2D eigenvalue weighted by molar-refractivity contribution is -0.129. The predicted octanol–water partition coefficient (Wildman–Crippen LogP) is 3.62. The molecule has 1 amide bonds. The molecule has 0 aliphatic heterocycles. The second kappa shape index (κ2) is 7.32. The van der Waals surface area contributed by atoms with Gasteiger partial charge in [0, 0.05) is 6.04 Å². The van der Waals surface area contributed by atoms with E-state index in [0.717, 1.165) is 11.3 Å². The zero-order valence-electron chi connectivity index (χ0n) is 13.5. The Labute approximate surface area is 122 Å². The van der Waals surface area contributed by atoms with E-state index in [0.29, 0.717) is 12.3 Å². The zero-order chi connectivity index (χ0) is 15.3. The summed E-state index contributed by atoms with van der Waals surface area (Å²) in [6.07, 6.45) is 0.224. The van der Waals surface area contributed by atoms with E-state index in [4.69, 9.17) is 4.74 Å². The first-order valence-corrected chi connectivity index (χ1v) is 7.39. The first-order chi connectivity index (χ1) is 9.35. The van der Waals surface area contributed by atoms with E-state index in [1.807, 2.05) is 39.8 Å². The van der Waals surface area contributed by atoms with Crippen LogP contribution in [0.25, 0.3) is 0 Å². The summed E-state index contributed by atoms with van der Waals surface area (Å²) in [6, 6.07) is 6.16. The van der Waals surface area contributed by atoms with E-state index < -0.39 is 6.10 Å². The third-order valence-corrected chi connectivity index (χ3v) is 3.63. The highest BCUT2D eigenvalue weighted by Gasteiger charge is 2.21. The van der Waals surface area contributed by atoms with Crippen molar-refractivity contribution in [2.45, 2.75) is 60.1 Å². The number of aryl methyl sites for hydroxylation is 2. The van der Waals surface area contributed by atoms with E-state index in [1.54, 1.807) is 0 Å². The minimum atomic E-state index is -0.433. The molecular weight excluding hydrogens is 250 g/mol. The Morgan fingerprint density at radius 1 is 1.25 bits per heavy atom. The molecule has 1 aromatic carbocycles. The van der Waals surface area contributed by atoms with Crippen LogP contribution in [0.15, 0.2) is 18.2 Å². The molecular formula is C17H27NO2. The molecule has 0 aliphatic carbocycles. The van der Waals surface area contributed by atoms with Crippen molar-refractivity contribution in [2.24, 2.45) is 5.92 Å². The van der Waals surface area contributed by atoms with Crippen LogP contribution in [0.2, 0.25) is 0 Å². The van der Waals surface area contributed by atoms with Gasteiger partial charge in [0.2, 0.25) is 0 Å². The van der Waals surface area contributed by atoms with Gasteiger partial charge in [-0.3, -0.25) is 4.79 Å². The van der Waals surface area contributed by atoms with Gasteiger partial charge in [0.05, 0.1) is 0 Å². The maximum absolute atomic E-state index is 12.2. The summed E-state index contributed by atoms with van der Waals surface area (Å²) in [4.78, 5) is 12.2. The Morgan fingerprint density at radius 3 is 2.40 bits per heavy atom. The molecule has 0 radical (unpaired) electrons. The normalized spacial score (nSPS) is 13.9. The molecule has 0 saturated carbocycles. The van der Waals surface area contributed by atoms with Crippen molar-refractivity contribution in [3.63, 3.8) is 0 Å². The van der Waals surface area contributed by atoms with Crippen LogP contribution < -0.4 is 10.1 Å². The van der Waals surface area contributed by atoms with Gasteiger partial charge in [-0.15, -0.1) is 0 Å². The topological polar surface area (TPSA) is 38.3 Å². The molecule has 20 heavy (non-hydrogen) atoms. The van der Waals surface area contributed by atoms with Crippen LogP contribution in [0.4, 0.5) is 0 Å². The number of ether oxygens (including phenoxy) is 1. The van der Waals surface area contributed by atoms with Crippen LogP contribution in [0, 0.1) is 19.8 Å². The largest absolute Gasteiger partial charge is 0.480 e. The van der Waals surface area contributed by atoms with Gasteiger partial charge in [-0.2, -0.15) is 0 Å². The number of carbonyl (C=O) groups is 1. The van der Waals surface area contributed by atoms with Crippen LogP contribution in [0.1, 0.15) is 45.2 Å². The van der Waals surface area contributed by atoms with Crippen molar-refractivity contribution in [1.82, 2.24) is 5.32 Å². The van der Waals surface area contributed by atoms with Crippen molar-refractivity contribution in [2.75, 3.05) is 0 Å². The van der Waals surface area contributed by atoms with Gasteiger partial charge in [-0.25, -0.2) is 0 Å². The van der Waals surface area contributed by atoms with Crippen molar-refractivity contribution < 1.29 is 9.53 Å². The van der Waals surface area contributed by atoms with Gasteiger partial charge < -0.3 is 10.1 Å². The molecule has 1 aromatic rings. The van der Waals surface area contributed by atoms with Crippen LogP contribution in [-0.4, -0.2) is 18.1 Å². The second-order valence-corrected chi connectivity index (χ2v) is 5.82. The van der Waals surface area contributed by atoms with Gasteiger partial charge in [-0.05, 0) is 44.7 Å². The molecule has 0 aromatic heterocycles. The minimum Gasteiger partial charge on any atom is -0.480 e. The molecule has 112 valence electrons. The maximum Gasteiger partial charge on any atom is 0.261 e. The SMILES string of the molecule is CCC(Oc1ccc(C)cc1C)C(=O)NC(C)C(C)C. The highest BCUT2D eigenvalue weighted by molar-refractivity contribution is 5.81. The van der Waals surface area contributed by atoms with Crippen LogP contribution in [0.5, 0.6) is 5.75 Å². The molecule has 1 N–H and O–H groups in total. The van der Waals surface area contributed by atoms with Gasteiger partial charge in [-0.1, -0.05) is 38.5 Å². The number of rotatable bonds is 6. The molecule has 0 spiro atoms. The number of benzene rings is 1. The monoisotopic (exact) mass is 277 g/mol. The Hall–Kier alpha value is -1.51. The van der Waals surface area contributed by atoms with Crippen molar-refractivity contribution in [1.29, 1.82) is 0 Å². The number of hydrogen-bond donors (Lipinski definition) is 1. The fraction of sp³-hybridized carbons (Fsp3) is 0.588. The van der Waals surface area contributed by atoms with Crippen LogP contribution >= 0.6 is 0 Å². The fourth-order valence-corrected chi connectivity index (χ4v) is 1.89. The maximum atomic E-state index is 12.2. The summed E-state index contributed by atoms with van der Waals surface area (Å²) in [5, 5.41) is 3.02. The Balaban J connectivity index is 2.73. The molecule has 1 rings (SSSR count). The van der Waals surface area contributed by atoms with E-state index >= 15 is 0 Å². The molecule has 0 saturated heterocycles. The minimum absolute atomic E-state index is 0.0336.